The normalized spacial score (nSPS) is 16.7. The van der Waals surface area contributed by atoms with Gasteiger partial charge in [-0.2, -0.15) is 0 Å². The van der Waals surface area contributed by atoms with Crippen LogP contribution in [0.25, 0.3) is 0 Å². The smallest absolute Gasteiger partial charge is 0.410 e. The molecule has 0 bridgehead atoms. The zero-order chi connectivity index (χ0) is 20.0. The molecule has 2 rings (SSSR count). The van der Waals surface area contributed by atoms with E-state index < -0.39 is 17.5 Å². The van der Waals surface area contributed by atoms with Crippen molar-refractivity contribution in [3.05, 3.63) is 24.0 Å². The van der Waals surface area contributed by atoms with Crippen LogP contribution in [0.1, 0.15) is 33.6 Å². The van der Waals surface area contributed by atoms with Gasteiger partial charge in [0.25, 0.3) is 0 Å². The quantitative estimate of drug-likeness (QED) is 0.711. The number of ether oxygens (including phenoxy) is 2. The topological polar surface area (TPSA) is 71.0 Å². The summed E-state index contributed by atoms with van der Waals surface area (Å²) >= 11 is 5.58. The van der Waals surface area contributed by atoms with Crippen LogP contribution >= 0.6 is 11.6 Å². The minimum Gasteiger partial charge on any atom is -0.488 e. The molecule has 0 spiro atoms. The standard InChI is InChI=1S/C19H28ClFN2O4/c1-19(2,3)27-18(25)23-9-7-14(8-10-23)26-16-6-4-5-15(21)17(16)22-12-13(24)11-20/h4-6,13-14,22,24H,7-12H2,1-3H3. The number of amides is 1. The van der Waals surface area contributed by atoms with Crippen LogP contribution in [0.2, 0.25) is 0 Å². The van der Waals surface area contributed by atoms with Crippen molar-refractivity contribution in [2.45, 2.75) is 51.4 Å². The first-order chi connectivity index (χ1) is 12.7. The van der Waals surface area contributed by atoms with Gasteiger partial charge >= 0.3 is 6.09 Å². The Labute approximate surface area is 164 Å². The summed E-state index contributed by atoms with van der Waals surface area (Å²) in [5, 5.41) is 12.4. The number of carbonyl (C=O) groups excluding carboxylic acids is 1. The molecule has 152 valence electrons. The van der Waals surface area contributed by atoms with Crippen molar-refractivity contribution >= 4 is 23.4 Å². The lowest BCUT2D eigenvalue weighted by Gasteiger charge is -2.33. The van der Waals surface area contributed by atoms with Gasteiger partial charge in [-0.3, -0.25) is 0 Å². The van der Waals surface area contributed by atoms with Crippen LogP contribution in [0.15, 0.2) is 18.2 Å². The van der Waals surface area contributed by atoms with Crippen LogP contribution < -0.4 is 10.1 Å². The van der Waals surface area contributed by atoms with Gasteiger partial charge in [0.1, 0.15) is 29.0 Å². The molecule has 6 nitrogen and oxygen atoms in total. The summed E-state index contributed by atoms with van der Waals surface area (Å²) in [4.78, 5) is 13.8. The number of anilines is 1. The minimum absolute atomic E-state index is 0.0563. The summed E-state index contributed by atoms with van der Waals surface area (Å²) in [5.74, 6) is -0.0197. The number of carbonyl (C=O) groups is 1. The van der Waals surface area contributed by atoms with Crippen molar-refractivity contribution < 1.29 is 23.8 Å². The Morgan fingerprint density at radius 1 is 1.41 bits per heavy atom. The molecule has 0 radical (unpaired) electrons. The fourth-order valence-electron chi connectivity index (χ4n) is 2.71. The molecule has 1 aliphatic rings. The fourth-order valence-corrected chi connectivity index (χ4v) is 2.82. The van der Waals surface area contributed by atoms with Crippen molar-refractivity contribution in [1.29, 1.82) is 0 Å². The van der Waals surface area contributed by atoms with Gasteiger partial charge in [0, 0.05) is 32.5 Å². The number of aliphatic hydroxyl groups is 1. The third kappa shape index (κ3) is 6.74. The number of benzene rings is 1. The van der Waals surface area contributed by atoms with E-state index in [0.717, 1.165) is 0 Å². The summed E-state index contributed by atoms with van der Waals surface area (Å²) in [5.41, 5.74) is -0.323. The molecule has 2 N–H and O–H groups in total. The Morgan fingerprint density at radius 3 is 2.67 bits per heavy atom. The fraction of sp³-hybridized carbons (Fsp3) is 0.632. The van der Waals surface area contributed by atoms with Crippen LogP contribution in [0, 0.1) is 5.82 Å². The number of hydrogen-bond acceptors (Lipinski definition) is 5. The van der Waals surface area contributed by atoms with Crippen molar-refractivity contribution in [3.8, 4) is 5.75 Å². The van der Waals surface area contributed by atoms with E-state index in [1.54, 1.807) is 17.0 Å². The lowest BCUT2D eigenvalue weighted by molar-refractivity contribution is 0.0127. The van der Waals surface area contributed by atoms with E-state index in [-0.39, 0.29) is 30.3 Å². The van der Waals surface area contributed by atoms with Crippen molar-refractivity contribution in [2.24, 2.45) is 0 Å². The highest BCUT2D eigenvalue weighted by Gasteiger charge is 2.28. The highest BCUT2D eigenvalue weighted by molar-refractivity contribution is 6.18. The Kier molecular flexibility index (Phi) is 7.56. The number of halogens is 2. The van der Waals surface area contributed by atoms with E-state index in [1.807, 2.05) is 20.8 Å². The van der Waals surface area contributed by atoms with Crippen LogP contribution in [0.4, 0.5) is 14.9 Å². The molecule has 8 heteroatoms. The molecule has 1 saturated heterocycles. The Balaban J connectivity index is 1.93. The number of hydrogen-bond donors (Lipinski definition) is 2. The van der Waals surface area contributed by atoms with E-state index in [2.05, 4.69) is 5.32 Å². The van der Waals surface area contributed by atoms with E-state index in [0.29, 0.717) is 31.7 Å². The maximum atomic E-state index is 14.2. The largest absolute Gasteiger partial charge is 0.488 e. The first-order valence-corrected chi connectivity index (χ1v) is 9.64. The van der Waals surface area contributed by atoms with Gasteiger partial charge in [0.15, 0.2) is 0 Å². The number of nitrogens with one attached hydrogen (secondary N) is 1. The molecular formula is C19H28ClFN2O4. The van der Waals surface area contributed by atoms with Crippen LogP contribution in [0.5, 0.6) is 5.75 Å². The van der Waals surface area contributed by atoms with Gasteiger partial charge in [-0.1, -0.05) is 6.07 Å². The average Bonchev–Trinajstić information content (AvgIpc) is 2.60. The second-order valence-electron chi connectivity index (χ2n) is 7.59. The monoisotopic (exact) mass is 402 g/mol. The molecule has 0 aliphatic carbocycles. The molecule has 1 aliphatic heterocycles. The molecule has 1 aromatic rings. The Hall–Kier alpha value is -1.73. The van der Waals surface area contributed by atoms with Gasteiger partial charge in [0.2, 0.25) is 0 Å². The second kappa shape index (κ2) is 9.46. The lowest BCUT2D eigenvalue weighted by Crippen LogP contribution is -2.44. The predicted octanol–water partition coefficient (Wildman–Crippen LogP) is 3.62. The highest BCUT2D eigenvalue weighted by atomic mass is 35.5. The lowest BCUT2D eigenvalue weighted by atomic mass is 10.1. The molecular weight excluding hydrogens is 375 g/mol. The van der Waals surface area contributed by atoms with Crippen molar-refractivity contribution in [2.75, 3.05) is 30.8 Å². The zero-order valence-corrected chi connectivity index (χ0v) is 16.8. The zero-order valence-electron chi connectivity index (χ0n) is 16.0. The Morgan fingerprint density at radius 2 is 2.07 bits per heavy atom. The molecule has 1 heterocycles. The van der Waals surface area contributed by atoms with Gasteiger partial charge < -0.3 is 24.8 Å². The first kappa shape index (κ1) is 21.6. The third-order valence-electron chi connectivity index (χ3n) is 4.06. The summed E-state index contributed by atoms with van der Waals surface area (Å²) < 4.78 is 25.5. The maximum Gasteiger partial charge on any atom is 0.410 e. The van der Waals surface area contributed by atoms with Crippen LogP contribution in [0.3, 0.4) is 0 Å². The maximum absolute atomic E-state index is 14.2. The van der Waals surface area contributed by atoms with E-state index in [9.17, 15) is 14.3 Å². The third-order valence-corrected chi connectivity index (χ3v) is 4.41. The summed E-state index contributed by atoms with van der Waals surface area (Å²) in [6.45, 7) is 6.66. The first-order valence-electron chi connectivity index (χ1n) is 9.10. The van der Waals surface area contributed by atoms with E-state index >= 15 is 0 Å². The average molecular weight is 403 g/mol. The highest BCUT2D eigenvalue weighted by Crippen LogP contribution is 2.30. The summed E-state index contributed by atoms with van der Waals surface area (Å²) in [7, 11) is 0. The van der Waals surface area contributed by atoms with E-state index in [4.69, 9.17) is 21.1 Å². The molecule has 0 saturated carbocycles. The second-order valence-corrected chi connectivity index (χ2v) is 7.90. The Bertz CT molecular complexity index is 631. The molecule has 27 heavy (non-hydrogen) atoms. The number of aliphatic hydroxyl groups excluding tert-OH is 1. The van der Waals surface area contributed by atoms with Crippen molar-refractivity contribution in [3.63, 3.8) is 0 Å². The van der Waals surface area contributed by atoms with Crippen LogP contribution in [-0.2, 0) is 4.74 Å². The number of rotatable bonds is 6. The molecule has 1 aromatic carbocycles. The number of nitrogens with zero attached hydrogens (tertiary/aromatic N) is 1. The SMILES string of the molecule is CC(C)(C)OC(=O)N1CCC(Oc2cccc(F)c2NCC(O)CCl)CC1. The molecule has 1 unspecified atom stereocenters. The summed E-state index contributed by atoms with van der Waals surface area (Å²) in [6.07, 6.45) is 0.00299. The number of alkyl halides is 1. The number of piperidine rings is 1. The van der Waals surface area contributed by atoms with Gasteiger partial charge in [0.05, 0.1) is 12.0 Å². The predicted molar refractivity (Wildman–Crippen MR) is 103 cm³/mol. The van der Waals surface area contributed by atoms with Crippen LogP contribution in [-0.4, -0.2) is 59.4 Å². The van der Waals surface area contributed by atoms with Gasteiger partial charge in [-0.15, -0.1) is 11.6 Å². The van der Waals surface area contributed by atoms with Gasteiger partial charge in [-0.05, 0) is 32.9 Å². The minimum atomic E-state index is -0.781. The molecule has 1 fully saturated rings. The number of para-hydroxylation sites is 1. The van der Waals surface area contributed by atoms with Gasteiger partial charge in [-0.25, -0.2) is 9.18 Å². The summed E-state index contributed by atoms with van der Waals surface area (Å²) in [6, 6.07) is 4.58. The molecule has 1 amide bonds. The van der Waals surface area contributed by atoms with E-state index in [1.165, 1.54) is 6.07 Å². The number of likely N-dealkylation sites (tertiary alicyclic amines) is 1. The molecule has 0 aromatic heterocycles. The molecule has 1 atom stereocenters. The van der Waals surface area contributed by atoms with Crippen molar-refractivity contribution in [1.82, 2.24) is 4.90 Å².